The standard InChI is InChI=1S/C19H18FN3O2/c1-19(2)12-23(17(24)16(19)25-3)18-21-10-14(11-22-18)8-7-13-5-4-6-15(20)9-13/h4-6,9-11,16H,12H2,1-3H3/t16-/m1/s1. The predicted octanol–water partition coefficient (Wildman–Crippen LogP) is 2.40. The molecule has 0 N–H and O–H groups in total. The van der Waals surface area contributed by atoms with Crippen LogP contribution in [-0.2, 0) is 9.53 Å². The molecule has 6 heteroatoms. The van der Waals surface area contributed by atoms with Crippen molar-refractivity contribution in [2.45, 2.75) is 20.0 Å². The average molecular weight is 339 g/mol. The van der Waals surface area contributed by atoms with E-state index in [1.165, 1.54) is 24.1 Å². The van der Waals surface area contributed by atoms with E-state index in [0.717, 1.165) is 0 Å². The molecule has 2 heterocycles. The van der Waals surface area contributed by atoms with Gasteiger partial charge in [0.1, 0.15) is 11.9 Å². The Kier molecular flexibility index (Phi) is 4.51. The largest absolute Gasteiger partial charge is 0.371 e. The van der Waals surface area contributed by atoms with Gasteiger partial charge in [-0.2, -0.15) is 0 Å². The Morgan fingerprint density at radius 3 is 2.52 bits per heavy atom. The van der Waals surface area contributed by atoms with Crippen molar-refractivity contribution in [3.05, 3.63) is 53.6 Å². The molecule has 3 rings (SSSR count). The molecule has 1 aliphatic heterocycles. The number of amides is 1. The van der Waals surface area contributed by atoms with Gasteiger partial charge in [-0.05, 0) is 18.2 Å². The van der Waals surface area contributed by atoms with Crippen LogP contribution in [-0.4, -0.2) is 35.6 Å². The molecule has 128 valence electrons. The summed E-state index contributed by atoms with van der Waals surface area (Å²) in [4.78, 5) is 22.4. The third-order valence-electron chi connectivity index (χ3n) is 4.06. The van der Waals surface area contributed by atoms with E-state index in [1.807, 2.05) is 13.8 Å². The molecule has 1 aromatic heterocycles. The van der Waals surface area contributed by atoms with Gasteiger partial charge >= 0.3 is 0 Å². The summed E-state index contributed by atoms with van der Waals surface area (Å²) in [5, 5.41) is 0. The van der Waals surface area contributed by atoms with E-state index in [0.29, 0.717) is 23.6 Å². The van der Waals surface area contributed by atoms with Crippen molar-refractivity contribution in [2.24, 2.45) is 5.41 Å². The maximum atomic E-state index is 13.1. The van der Waals surface area contributed by atoms with E-state index in [-0.39, 0.29) is 17.1 Å². The first-order valence-corrected chi connectivity index (χ1v) is 7.84. The fourth-order valence-electron chi connectivity index (χ4n) is 2.87. The van der Waals surface area contributed by atoms with Gasteiger partial charge in [0, 0.05) is 37.0 Å². The number of hydrogen-bond acceptors (Lipinski definition) is 4. The highest BCUT2D eigenvalue weighted by Gasteiger charge is 2.47. The fourth-order valence-corrected chi connectivity index (χ4v) is 2.87. The number of ether oxygens (including phenoxy) is 1. The average Bonchev–Trinajstić information content (AvgIpc) is 2.82. The molecular formula is C19H18FN3O2. The first kappa shape index (κ1) is 17.1. The Bertz CT molecular complexity index is 853. The van der Waals surface area contributed by atoms with Crippen LogP contribution in [0.2, 0.25) is 0 Å². The Labute approximate surface area is 145 Å². The summed E-state index contributed by atoms with van der Waals surface area (Å²) in [6.45, 7) is 4.43. The molecule has 0 radical (unpaired) electrons. The number of benzene rings is 1. The molecular weight excluding hydrogens is 321 g/mol. The number of aromatic nitrogens is 2. The van der Waals surface area contributed by atoms with E-state index in [9.17, 15) is 9.18 Å². The van der Waals surface area contributed by atoms with Gasteiger partial charge in [0.2, 0.25) is 5.95 Å². The lowest BCUT2D eigenvalue weighted by Crippen LogP contribution is -2.33. The summed E-state index contributed by atoms with van der Waals surface area (Å²) in [7, 11) is 1.53. The van der Waals surface area contributed by atoms with Gasteiger partial charge in [-0.3, -0.25) is 9.69 Å². The smallest absolute Gasteiger partial charge is 0.259 e. The van der Waals surface area contributed by atoms with Crippen LogP contribution in [0.15, 0.2) is 36.7 Å². The predicted molar refractivity (Wildman–Crippen MR) is 91.3 cm³/mol. The van der Waals surface area contributed by atoms with Crippen LogP contribution >= 0.6 is 0 Å². The quantitative estimate of drug-likeness (QED) is 0.789. The van der Waals surface area contributed by atoms with Crippen molar-refractivity contribution in [1.82, 2.24) is 9.97 Å². The molecule has 0 bridgehead atoms. The van der Waals surface area contributed by atoms with E-state index in [4.69, 9.17) is 4.74 Å². The topological polar surface area (TPSA) is 55.3 Å². The molecule has 0 aliphatic carbocycles. The number of methoxy groups -OCH3 is 1. The second-order valence-electron chi connectivity index (χ2n) is 6.56. The Hall–Kier alpha value is -2.78. The van der Waals surface area contributed by atoms with E-state index >= 15 is 0 Å². The summed E-state index contributed by atoms with van der Waals surface area (Å²) in [5.41, 5.74) is 0.844. The molecule has 2 aromatic rings. The van der Waals surface area contributed by atoms with Crippen molar-refractivity contribution < 1.29 is 13.9 Å². The summed E-state index contributed by atoms with van der Waals surface area (Å²) in [6.07, 6.45) is 2.59. The molecule has 5 nitrogen and oxygen atoms in total. The van der Waals surface area contributed by atoms with Crippen molar-refractivity contribution in [3.8, 4) is 11.8 Å². The highest BCUT2D eigenvalue weighted by Crippen LogP contribution is 2.34. The second-order valence-corrected chi connectivity index (χ2v) is 6.56. The summed E-state index contributed by atoms with van der Waals surface area (Å²) in [5.74, 6) is 5.59. The molecule has 25 heavy (non-hydrogen) atoms. The highest BCUT2D eigenvalue weighted by molar-refractivity contribution is 5.98. The van der Waals surface area contributed by atoms with Crippen molar-refractivity contribution >= 4 is 11.9 Å². The van der Waals surface area contributed by atoms with Gasteiger partial charge in [-0.25, -0.2) is 14.4 Å². The molecule has 1 atom stereocenters. The van der Waals surface area contributed by atoms with Crippen LogP contribution in [0.4, 0.5) is 10.3 Å². The van der Waals surface area contributed by atoms with Crippen molar-refractivity contribution in [3.63, 3.8) is 0 Å². The van der Waals surface area contributed by atoms with E-state index in [1.54, 1.807) is 24.5 Å². The lowest BCUT2D eigenvalue weighted by atomic mass is 9.90. The van der Waals surface area contributed by atoms with Crippen LogP contribution in [0.1, 0.15) is 25.0 Å². The second kappa shape index (κ2) is 6.61. The first-order valence-electron chi connectivity index (χ1n) is 7.84. The van der Waals surface area contributed by atoms with Crippen molar-refractivity contribution in [2.75, 3.05) is 18.6 Å². The number of anilines is 1. The van der Waals surface area contributed by atoms with Crippen LogP contribution < -0.4 is 4.90 Å². The minimum atomic E-state index is -0.511. The van der Waals surface area contributed by atoms with Gasteiger partial charge < -0.3 is 4.74 Å². The lowest BCUT2D eigenvalue weighted by molar-refractivity contribution is -0.128. The molecule has 0 saturated carbocycles. The first-order chi connectivity index (χ1) is 11.9. The highest BCUT2D eigenvalue weighted by atomic mass is 19.1. The van der Waals surface area contributed by atoms with Gasteiger partial charge in [0.05, 0.1) is 5.56 Å². The lowest BCUT2D eigenvalue weighted by Gasteiger charge is -2.21. The van der Waals surface area contributed by atoms with Crippen LogP contribution in [0.25, 0.3) is 0 Å². The molecule has 1 aliphatic rings. The van der Waals surface area contributed by atoms with Crippen LogP contribution in [0, 0.1) is 23.1 Å². The number of nitrogens with zero attached hydrogens (tertiary/aromatic N) is 3. The molecule has 0 unspecified atom stereocenters. The summed E-state index contributed by atoms with van der Waals surface area (Å²) < 4.78 is 18.5. The van der Waals surface area contributed by atoms with Gasteiger partial charge in [0.25, 0.3) is 5.91 Å². The zero-order valence-corrected chi connectivity index (χ0v) is 14.3. The molecule has 0 spiro atoms. The molecule has 1 fully saturated rings. The Balaban J connectivity index is 1.79. The molecule has 1 saturated heterocycles. The number of carbonyl (C=O) groups excluding carboxylic acids is 1. The van der Waals surface area contributed by atoms with Crippen LogP contribution in [0.3, 0.4) is 0 Å². The van der Waals surface area contributed by atoms with E-state index in [2.05, 4.69) is 21.8 Å². The fraction of sp³-hybridized carbons (Fsp3) is 0.316. The number of carbonyl (C=O) groups is 1. The number of rotatable bonds is 2. The minimum Gasteiger partial charge on any atom is -0.371 e. The van der Waals surface area contributed by atoms with E-state index < -0.39 is 6.10 Å². The van der Waals surface area contributed by atoms with Gasteiger partial charge in [-0.1, -0.05) is 31.8 Å². The van der Waals surface area contributed by atoms with Crippen LogP contribution in [0.5, 0.6) is 0 Å². The summed E-state index contributed by atoms with van der Waals surface area (Å²) in [6, 6.07) is 6.05. The monoisotopic (exact) mass is 339 g/mol. The molecule has 1 amide bonds. The Morgan fingerprint density at radius 1 is 1.24 bits per heavy atom. The summed E-state index contributed by atoms with van der Waals surface area (Å²) >= 11 is 0. The van der Waals surface area contributed by atoms with Gasteiger partial charge in [-0.15, -0.1) is 0 Å². The SMILES string of the molecule is CO[C@@H]1C(=O)N(c2ncc(C#Cc3cccc(F)c3)cn2)CC1(C)C. The maximum Gasteiger partial charge on any atom is 0.259 e. The van der Waals surface area contributed by atoms with Gasteiger partial charge in [0.15, 0.2) is 0 Å². The third-order valence-corrected chi connectivity index (χ3v) is 4.06. The maximum absolute atomic E-state index is 13.1. The zero-order valence-electron chi connectivity index (χ0n) is 14.3. The number of hydrogen-bond donors (Lipinski definition) is 0. The Morgan fingerprint density at radius 2 is 1.92 bits per heavy atom. The van der Waals surface area contributed by atoms with Crippen molar-refractivity contribution in [1.29, 1.82) is 0 Å². The zero-order chi connectivity index (χ0) is 18.0. The molecule has 1 aromatic carbocycles. The minimum absolute atomic E-state index is 0.147. The number of halogens is 1. The normalized spacial score (nSPS) is 18.8. The third kappa shape index (κ3) is 3.52.